The molecule has 4 aliphatic rings. The predicted molar refractivity (Wildman–Crippen MR) is 87.2 cm³/mol. The van der Waals surface area contributed by atoms with Gasteiger partial charge in [0.1, 0.15) is 6.10 Å². The lowest BCUT2D eigenvalue weighted by Crippen LogP contribution is -2.44. The van der Waals surface area contributed by atoms with Gasteiger partial charge in [-0.1, -0.05) is 25.5 Å². The molecule has 2 fully saturated rings. The number of carbonyl (C=O) groups is 1. The monoisotopic (exact) mass is 300 g/mol. The Kier molecular flexibility index (Phi) is 3.47. The molecular weight excluding hydrogens is 272 g/mol. The fourth-order valence-corrected chi connectivity index (χ4v) is 6.17. The molecule has 2 nitrogen and oxygen atoms in total. The van der Waals surface area contributed by atoms with E-state index in [2.05, 4.69) is 25.2 Å². The summed E-state index contributed by atoms with van der Waals surface area (Å²) in [6.07, 6.45) is 16.2. The first-order valence-electron chi connectivity index (χ1n) is 9.12. The van der Waals surface area contributed by atoms with Gasteiger partial charge < -0.3 is 4.74 Å². The molecule has 0 spiro atoms. The van der Waals surface area contributed by atoms with Crippen molar-refractivity contribution in [3.63, 3.8) is 0 Å². The van der Waals surface area contributed by atoms with E-state index in [1.165, 1.54) is 51.0 Å². The molecule has 22 heavy (non-hydrogen) atoms. The Morgan fingerprint density at radius 1 is 1.27 bits per heavy atom. The molecule has 0 aliphatic heterocycles. The van der Waals surface area contributed by atoms with Gasteiger partial charge in [0.05, 0.1) is 0 Å². The number of hydrogen-bond acceptors (Lipinski definition) is 2. The number of esters is 1. The summed E-state index contributed by atoms with van der Waals surface area (Å²) in [6.45, 7) is 4.07. The summed E-state index contributed by atoms with van der Waals surface area (Å²) in [5.41, 5.74) is 2.14. The third-order valence-corrected chi connectivity index (χ3v) is 7.15. The SMILES string of the molecule is CC(=O)OC1C=CC2=CC[C@@H]3[C@H](CC[C@]4(C)CCC[C@@H]34)[C@H]2C1. The highest BCUT2D eigenvalue weighted by atomic mass is 16.5. The van der Waals surface area contributed by atoms with E-state index in [-0.39, 0.29) is 12.1 Å². The molecule has 0 aromatic carbocycles. The first-order chi connectivity index (χ1) is 10.6. The summed E-state index contributed by atoms with van der Waals surface area (Å²) < 4.78 is 5.47. The molecule has 4 rings (SSSR count). The quantitative estimate of drug-likeness (QED) is 0.658. The summed E-state index contributed by atoms with van der Waals surface area (Å²) >= 11 is 0. The second-order valence-corrected chi connectivity index (χ2v) is 8.31. The molecule has 0 heterocycles. The van der Waals surface area contributed by atoms with Crippen LogP contribution in [0, 0.1) is 29.1 Å². The van der Waals surface area contributed by atoms with Crippen molar-refractivity contribution < 1.29 is 9.53 Å². The summed E-state index contributed by atoms with van der Waals surface area (Å²) in [4.78, 5) is 11.3. The van der Waals surface area contributed by atoms with Crippen molar-refractivity contribution in [3.05, 3.63) is 23.8 Å². The van der Waals surface area contributed by atoms with Gasteiger partial charge >= 0.3 is 5.97 Å². The topological polar surface area (TPSA) is 26.3 Å². The first kappa shape index (κ1) is 14.5. The van der Waals surface area contributed by atoms with E-state index in [9.17, 15) is 4.79 Å². The average Bonchev–Trinajstić information content (AvgIpc) is 2.88. The van der Waals surface area contributed by atoms with Gasteiger partial charge in [-0.15, -0.1) is 0 Å². The molecule has 0 N–H and O–H groups in total. The number of rotatable bonds is 1. The largest absolute Gasteiger partial charge is 0.458 e. The van der Waals surface area contributed by atoms with Crippen molar-refractivity contribution in [1.29, 1.82) is 0 Å². The van der Waals surface area contributed by atoms with Crippen LogP contribution in [0.5, 0.6) is 0 Å². The molecule has 0 radical (unpaired) electrons. The normalized spacial score (nSPS) is 46.3. The third kappa shape index (κ3) is 2.26. The second kappa shape index (κ2) is 5.25. The minimum Gasteiger partial charge on any atom is -0.458 e. The molecule has 0 bridgehead atoms. The van der Waals surface area contributed by atoms with Crippen molar-refractivity contribution in [2.45, 2.75) is 64.9 Å². The van der Waals surface area contributed by atoms with Gasteiger partial charge in [0.2, 0.25) is 0 Å². The van der Waals surface area contributed by atoms with Gasteiger partial charge in [-0.05, 0) is 79.3 Å². The third-order valence-electron chi connectivity index (χ3n) is 7.15. The highest BCUT2D eigenvalue weighted by molar-refractivity contribution is 5.66. The van der Waals surface area contributed by atoms with Crippen molar-refractivity contribution in [2.75, 3.05) is 0 Å². The van der Waals surface area contributed by atoms with Crippen LogP contribution in [0.4, 0.5) is 0 Å². The molecule has 6 atom stereocenters. The molecule has 2 heteroatoms. The number of allylic oxidation sites excluding steroid dienone is 3. The van der Waals surface area contributed by atoms with Gasteiger partial charge in [-0.3, -0.25) is 4.79 Å². The zero-order valence-electron chi connectivity index (χ0n) is 13.9. The Labute approximate surface area is 134 Å². The van der Waals surface area contributed by atoms with E-state index in [0.717, 1.165) is 24.2 Å². The van der Waals surface area contributed by atoms with Crippen molar-refractivity contribution >= 4 is 5.97 Å². The Balaban J connectivity index is 1.58. The highest BCUT2D eigenvalue weighted by Gasteiger charge is 2.51. The number of carbonyl (C=O) groups excluding carboxylic acids is 1. The average molecular weight is 300 g/mol. The van der Waals surface area contributed by atoms with E-state index in [1.807, 2.05) is 0 Å². The van der Waals surface area contributed by atoms with Gasteiger partial charge in [0, 0.05) is 6.92 Å². The molecule has 120 valence electrons. The Morgan fingerprint density at radius 3 is 2.95 bits per heavy atom. The summed E-state index contributed by atoms with van der Waals surface area (Å²) in [6, 6.07) is 0. The summed E-state index contributed by atoms with van der Waals surface area (Å²) in [5.74, 6) is 3.10. The molecule has 1 unspecified atom stereocenters. The molecular formula is C20H28O2. The van der Waals surface area contributed by atoms with Crippen LogP contribution < -0.4 is 0 Å². The minimum absolute atomic E-state index is 0.00436. The highest BCUT2D eigenvalue weighted by Crippen LogP contribution is 2.60. The molecule has 0 aromatic rings. The first-order valence-corrected chi connectivity index (χ1v) is 9.12. The van der Waals surface area contributed by atoms with Crippen molar-refractivity contribution in [3.8, 4) is 0 Å². The van der Waals surface area contributed by atoms with E-state index in [4.69, 9.17) is 4.74 Å². The van der Waals surface area contributed by atoms with Crippen LogP contribution in [0.25, 0.3) is 0 Å². The van der Waals surface area contributed by atoms with Crippen molar-refractivity contribution in [2.24, 2.45) is 29.1 Å². The van der Waals surface area contributed by atoms with E-state index in [1.54, 1.807) is 0 Å². The fourth-order valence-electron chi connectivity index (χ4n) is 6.17. The van der Waals surface area contributed by atoms with Crippen LogP contribution in [0.15, 0.2) is 23.8 Å². The van der Waals surface area contributed by atoms with Crippen LogP contribution in [0.2, 0.25) is 0 Å². The standard InChI is InChI=1S/C20H28O2/c1-13(21)22-15-7-5-14-6-8-17-16(18(14)12-15)9-11-20(2)10-3-4-19(17)20/h5-7,15-19H,3-4,8-12H2,1-2H3/t15?,16-,17+,18-,19-,20-/m0/s1. The van der Waals surface area contributed by atoms with Gasteiger partial charge in [0.15, 0.2) is 0 Å². The molecule has 2 saturated carbocycles. The lowest BCUT2D eigenvalue weighted by atomic mass is 9.53. The zero-order chi connectivity index (χ0) is 15.3. The Hall–Kier alpha value is -1.05. The van der Waals surface area contributed by atoms with Crippen molar-refractivity contribution in [1.82, 2.24) is 0 Å². The van der Waals surface area contributed by atoms with Gasteiger partial charge in [0.25, 0.3) is 0 Å². The van der Waals surface area contributed by atoms with Crippen LogP contribution >= 0.6 is 0 Å². The van der Waals surface area contributed by atoms with Crippen LogP contribution in [-0.4, -0.2) is 12.1 Å². The molecule has 4 aliphatic carbocycles. The zero-order valence-corrected chi connectivity index (χ0v) is 13.9. The van der Waals surface area contributed by atoms with Crippen LogP contribution in [-0.2, 0) is 9.53 Å². The number of ether oxygens (including phenoxy) is 1. The van der Waals surface area contributed by atoms with Gasteiger partial charge in [-0.25, -0.2) is 0 Å². The Bertz CT molecular complexity index is 532. The maximum atomic E-state index is 11.3. The lowest BCUT2D eigenvalue weighted by Gasteiger charge is -2.51. The second-order valence-electron chi connectivity index (χ2n) is 8.31. The lowest BCUT2D eigenvalue weighted by molar-refractivity contribution is -0.145. The summed E-state index contributed by atoms with van der Waals surface area (Å²) in [7, 11) is 0. The van der Waals surface area contributed by atoms with Crippen LogP contribution in [0.3, 0.4) is 0 Å². The predicted octanol–water partition coefficient (Wildman–Crippen LogP) is 4.66. The van der Waals surface area contributed by atoms with E-state index >= 15 is 0 Å². The summed E-state index contributed by atoms with van der Waals surface area (Å²) in [5, 5.41) is 0. The van der Waals surface area contributed by atoms with Crippen LogP contribution in [0.1, 0.15) is 58.8 Å². The minimum atomic E-state index is -0.151. The van der Waals surface area contributed by atoms with E-state index in [0.29, 0.717) is 11.3 Å². The Morgan fingerprint density at radius 2 is 2.14 bits per heavy atom. The molecule has 0 saturated heterocycles. The molecule has 0 amide bonds. The van der Waals surface area contributed by atoms with Gasteiger partial charge in [-0.2, -0.15) is 0 Å². The maximum absolute atomic E-state index is 11.3. The maximum Gasteiger partial charge on any atom is 0.303 e. The number of hydrogen-bond donors (Lipinski definition) is 0. The van der Waals surface area contributed by atoms with E-state index < -0.39 is 0 Å². The molecule has 0 aromatic heterocycles. The fraction of sp³-hybridized carbons (Fsp3) is 0.750. The smallest absolute Gasteiger partial charge is 0.303 e. The number of fused-ring (bicyclic) bond motifs is 5.